The first-order chi connectivity index (χ1) is 14.2. The van der Waals surface area contributed by atoms with Gasteiger partial charge in [-0.15, -0.1) is 0 Å². The zero-order chi connectivity index (χ0) is 21.5. The van der Waals surface area contributed by atoms with Gasteiger partial charge in [-0.2, -0.15) is 17.6 Å². The van der Waals surface area contributed by atoms with Crippen molar-refractivity contribution in [2.24, 2.45) is 5.73 Å². The van der Waals surface area contributed by atoms with Gasteiger partial charge in [-0.25, -0.2) is 0 Å². The quantitative estimate of drug-likeness (QED) is 0.483. The first kappa shape index (κ1) is 20.1. The van der Waals surface area contributed by atoms with Crippen LogP contribution in [0.5, 0.6) is 0 Å². The summed E-state index contributed by atoms with van der Waals surface area (Å²) in [5, 5.41) is 6.41. The summed E-state index contributed by atoms with van der Waals surface area (Å²) < 4.78 is 28.5. The van der Waals surface area contributed by atoms with E-state index in [9.17, 15) is 13.2 Å². The zero-order valence-electron chi connectivity index (χ0n) is 16.8. The Morgan fingerprint density at radius 1 is 1.03 bits per heavy atom. The molecule has 0 unspecified atom stereocenters. The van der Waals surface area contributed by atoms with Crippen molar-refractivity contribution in [2.75, 3.05) is 20.6 Å². The maximum atomic E-state index is 13.5. The van der Waals surface area contributed by atoms with Crippen LogP contribution in [0.1, 0.15) is 6.42 Å². The summed E-state index contributed by atoms with van der Waals surface area (Å²) >= 11 is 0. The van der Waals surface area contributed by atoms with Gasteiger partial charge in [0.1, 0.15) is 5.69 Å². The molecule has 0 aliphatic rings. The van der Waals surface area contributed by atoms with E-state index < -0.39 is 10.0 Å². The molecule has 8 heteroatoms. The van der Waals surface area contributed by atoms with Crippen molar-refractivity contribution in [2.45, 2.75) is 11.3 Å². The molecule has 3 aromatic carbocycles. The second-order valence-corrected chi connectivity index (χ2v) is 9.57. The highest BCUT2D eigenvalue weighted by Crippen LogP contribution is 2.29. The molecule has 1 amide bonds. The van der Waals surface area contributed by atoms with Crippen molar-refractivity contribution in [3.05, 3.63) is 66.9 Å². The maximum Gasteiger partial charge on any atom is 0.284 e. The lowest BCUT2D eigenvalue weighted by Gasteiger charge is -2.29. The number of rotatable bonds is 6. The number of quaternary nitrogens is 1. The lowest BCUT2D eigenvalue weighted by Crippen LogP contribution is -2.42. The molecular formula is C22H23N4O3S+. The zero-order valence-corrected chi connectivity index (χ0v) is 17.6. The van der Waals surface area contributed by atoms with Crippen LogP contribution in [0.15, 0.2) is 71.8 Å². The van der Waals surface area contributed by atoms with Gasteiger partial charge in [0.25, 0.3) is 10.0 Å². The molecule has 154 valence electrons. The Morgan fingerprint density at radius 3 is 2.53 bits per heavy atom. The number of fused-ring (bicyclic) bond motifs is 2. The Labute approximate surface area is 175 Å². The largest absolute Gasteiger partial charge is 0.369 e. The number of carbonyl (C=O) groups is 1. The van der Waals surface area contributed by atoms with Crippen LogP contribution < -0.4 is 10.2 Å². The smallest absolute Gasteiger partial charge is 0.284 e. The topological polar surface area (TPSA) is 95.1 Å². The predicted octanol–water partition coefficient (Wildman–Crippen LogP) is 2.87. The van der Waals surface area contributed by atoms with Crippen LogP contribution in [0, 0.1) is 0 Å². The number of nitrogens with two attached hydrogens (primary N) is 1. The highest BCUT2D eigenvalue weighted by Gasteiger charge is 2.25. The van der Waals surface area contributed by atoms with E-state index in [4.69, 9.17) is 5.73 Å². The summed E-state index contributed by atoms with van der Waals surface area (Å²) in [7, 11) is -0.0155. The molecular weight excluding hydrogens is 400 g/mol. The van der Waals surface area contributed by atoms with Gasteiger partial charge >= 0.3 is 0 Å². The summed E-state index contributed by atoms with van der Waals surface area (Å²) in [6.07, 6.45) is 1.78. The molecule has 1 heterocycles. The summed E-state index contributed by atoms with van der Waals surface area (Å²) in [5.74, 6) is -0.370. The third-order valence-electron chi connectivity index (χ3n) is 5.39. The van der Waals surface area contributed by atoms with E-state index in [0.717, 1.165) is 20.5 Å². The SMILES string of the molecule is C[N+](C)(CCC(N)=O)c1ccc2cnn(S(=O)(=O)c3cccc4ccccc34)c2c1. The second-order valence-electron chi connectivity index (χ2n) is 7.84. The molecule has 0 saturated heterocycles. The molecule has 0 aliphatic heterocycles. The summed E-state index contributed by atoms with van der Waals surface area (Å²) in [6, 6.07) is 18.2. The molecule has 0 aliphatic carbocycles. The number of aromatic nitrogens is 2. The first-order valence-electron chi connectivity index (χ1n) is 9.53. The highest BCUT2D eigenvalue weighted by atomic mass is 32.2. The fraction of sp³-hybridized carbons (Fsp3) is 0.182. The van der Waals surface area contributed by atoms with Crippen LogP contribution in [0.25, 0.3) is 21.7 Å². The van der Waals surface area contributed by atoms with E-state index in [1.165, 1.54) is 0 Å². The van der Waals surface area contributed by atoms with E-state index in [-0.39, 0.29) is 17.2 Å². The van der Waals surface area contributed by atoms with E-state index in [0.29, 0.717) is 21.9 Å². The van der Waals surface area contributed by atoms with E-state index in [2.05, 4.69) is 5.10 Å². The minimum Gasteiger partial charge on any atom is -0.369 e. The van der Waals surface area contributed by atoms with Crippen LogP contribution in [0.2, 0.25) is 0 Å². The standard InChI is InChI=1S/C22H22N4O3S/c1-26(2,13-12-22(23)27)18-11-10-17-15-24-25(20(17)14-18)30(28,29)21-9-5-7-16-6-3-4-8-19(16)21/h3-11,14-15H,12-13H2,1-2H3,(H-,23,27)/p+1. The van der Waals surface area contributed by atoms with Gasteiger partial charge in [0, 0.05) is 16.8 Å². The van der Waals surface area contributed by atoms with Crippen molar-refractivity contribution >= 4 is 43.3 Å². The van der Waals surface area contributed by atoms with Crippen LogP contribution in [-0.2, 0) is 14.8 Å². The van der Waals surface area contributed by atoms with E-state index in [1.807, 2.05) is 56.6 Å². The number of hydrogen-bond donors (Lipinski definition) is 1. The Bertz CT molecular complexity index is 1370. The lowest BCUT2D eigenvalue weighted by atomic mass is 10.1. The van der Waals surface area contributed by atoms with Crippen LogP contribution in [0.3, 0.4) is 0 Å². The number of primary amides is 1. The van der Waals surface area contributed by atoms with E-state index >= 15 is 0 Å². The molecule has 0 radical (unpaired) electrons. The Morgan fingerprint density at radius 2 is 1.77 bits per heavy atom. The van der Waals surface area contributed by atoms with Crippen LogP contribution in [0.4, 0.5) is 5.69 Å². The first-order valence-corrected chi connectivity index (χ1v) is 11.0. The fourth-order valence-electron chi connectivity index (χ4n) is 3.58. The average Bonchev–Trinajstić information content (AvgIpc) is 3.16. The van der Waals surface area contributed by atoms with Crippen molar-refractivity contribution < 1.29 is 13.2 Å². The molecule has 30 heavy (non-hydrogen) atoms. The molecule has 0 fully saturated rings. The lowest BCUT2D eigenvalue weighted by molar-refractivity contribution is -0.118. The van der Waals surface area contributed by atoms with Crippen molar-refractivity contribution in [3.63, 3.8) is 0 Å². The maximum absolute atomic E-state index is 13.5. The molecule has 1 aromatic heterocycles. The third-order valence-corrected chi connectivity index (χ3v) is 7.05. The second kappa shape index (κ2) is 7.23. The molecule has 4 rings (SSSR count). The summed E-state index contributed by atoms with van der Waals surface area (Å²) in [4.78, 5) is 11.4. The summed E-state index contributed by atoms with van der Waals surface area (Å²) in [6.45, 7) is 0.505. The van der Waals surface area contributed by atoms with Crippen molar-refractivity contribution in [1.29, 1.82) is 0 Å². The predicted molar refractivity (Wildman–Crippen MR) is 119 cm³/mol. The average molecular weight is 424 g/mol. The molecule has 2 N–H and O–H groups in total. The molecule has 4 aromatic rings. The van der Waals surface area contributed by atoms with E-state index in [1.54, 1.807) is 24.4 Å². The van der Waals surface area contributed by atoms with Gasteiger partial charge in [0.2, 0.25) is 5.91 Å². The van der Waals surface area contributed by atoms with Gasteiger partial charge in [-0.3, -0.25) is 9.28 Å². The Hall–Kier alpha value is -3.23. The normalized spacial score (nSPS) is 12.5. The number of carbonyl (C=O) groups excluding carboxylic acids is 1. The van der Waals surface area contributed by atoms with Gasteiger partial charge in [0.15, 0.2) is 0 Å². The molecule has 0 spiro atoms. The number of amides is 1. The highest BCUT2D eigenvalue weighted by molar-refractivity contribution is 7.90. The molecule has 7 nitrogen and oxygen atoms in total. The fourth-order valence-corrected chi connectivity index (χ4v) is 5.07. The van der Waals surface area contributed by atoms with Gasteiger partial charge < -0.3 is 5.73 Å². The monoisotopic (exact) mass is 423 g/mol. The number of hydrogen-bond acceptors (Lipinski definition) is 4. The Balaban J connectivity index is 1.86. The van der Waals surface area contributed by atoms with Crippen LogP contribution >= 0.6 is 0 Å². The molecule has 0 saturated carbocycles. The van der Waals surface area contributed by atoms with Crippen molar-refractivity contribution in [3.8, 4) is 0 Å². The third kappa shape index (κ3) is 3.44. The summed E-state index contributed by atoms with van der Waals surface area (Å²) in [5.41, 5.74) is 6.65. The molecule has 0 atom stereocenters. The van der Waals surface area contributed by atoms with Gasteiger partial charge in [-0.1, -0.05) is 36.4 Å². The molecule has 0 bridgehead atoms. The minimum atomic E-state index is -3.91. The number of nitrogens with zero attached hydrogens (tertiary/aromatic N) is 3. The van der Waals surface area contributed by atoms with Crippen molar-refractivity contribution in [1.82, 2.24) is 13.7 Å². The Kier molecular flexibility index (Phi) is 4.83. The minimum absolute atomic E-state index is 0.207. The number of benzene rings is 3. The van der Waals surface area contributed by atoms with Crippen LogP contribution in [-0.4, -0.2) is 44.2 Å². The van der Waals surface area contributed by atoms with Gasteiger partial charge in [-0.05, 0) is 23.6 Å². The van der Waals surface area contributed by atoms with Gasteiger partial charge in [0.05, 0.1) is 43.7 Å².